The van der Waals surface area contributed by atoms with Crippen molar-refractivity contribution in [1.29, 1.82) is 0 Å². The van der Waals surface area contributed by atoms with Gasteiger partial charge in [0.2, 0.25) is 0 Å². The van der Waals surface area contributed by atoms with E-state index in [1.807, 2.05) is 18.7 Å². The predicted octanol–water partition coefficient (Wildman–Crippen LogP) is 2.98. The van der Waals surface area contributed by atoms with Gasteiger partial charge in [-0.2, -0.15) is 11.8 Å². The van der Waals surface area contributed by atoms with Crippen LogP contribution in [0.15, 0.2) is 18.2 Å². The second-order valence-corrected chi connectivity index (χ2v) is 4.91. The van der Waals surface area contributed by atoms with Crippen molar-refractivity contribution < 1.29 is 9.13 Å². The molecule has 0 spiro atoms. The van der Waals surface area contributed by atoms with Crippen LogP contribution in [0.3, 0.4) is 0 Å². The highest BCUT2D eigenvalue weighted by atomic mass is 32.2. The Labute approximate surface area is 100 Å². The lowest BCUT2D eigenvalue weighted by Crippen LogP contribution is -2.10. The topological polar surface area (TPSA) is 35.2 Å². The van der Waals surface area contributed by atoms with Gasteiger partial charge in [-0.15, -0.1) is 0 Å². The van der Waals surface area contributed by atoms with Crippen LogP contribution < -0.4 is 10.5 Å². The summed E-state index contributed by atoms with van der Waals surface area (Å²) in [6.07, 6.45) is 0. The van der Waals surface area contributed by atoms with Crippen LogP contribution in [0.25, 0.3) is 0 Å². The zero-order valence-corrected chi connectivity index (χ0v) is 10.5. The summed E-state index contributed by atoms with van der Waals surface area (Å²) < 4.78 is 18.6. The molecule has 0 amide bonds. The Morgan fingerprint density at radius 2 is 2.25 bits per heavy atom. The summed E-state index contributed by atoms with van der Waals surface area (Å²) in [4.78, 5) is 0. The number of thioether (sulfide) groups is 1. The Balaban J connectivity index is 2.64. The number of hydrogen-bond acceptors (Lipinski definition) is 3. The molecule has 2 nitrogen and oxygen atoms in total. The van der Waals surface area contributed by atoms with Crippen molar-refractivity contribution in [2.75, 3.05) is 18.1 Å². The SMILES string of the molecule is CCSCCOc1ccc(F)cc1[C@H](C)N. The van der Waals surface area contributed by atoms with Crippen molar-refractivity contribution in [3.63, 3.8) is 0 Å². The summed E-state index contributed by atoms with van der Waals surface area (Å²) in [5, 5.41) is 0. The summed E-state index contributed by atoms with van der Waals surface area (Å²) in [7, 11) is 0. The molecule has 0 aliphatic carbocycles. The normalized spacial score (nSPS) is 12.5. The quantitative estimate of drug-likeness (QED) is 0.780. The zero-order valence-electron chi connectivity index (χ0n) is 9.70. The van der Waals surface area contributed by atoms with E-state index in [0.717, 1.165) is 17.1 Å². The molecule has 16 heavy (non-hydrogen) atoms. The Kier molecular flexibility index (Phi) is 5.63. The van der Waals surface area contributed by atoms with Crippen LogP contribution in [0, 0.1) is 5.82 Å². The largest absolute Gasteiger partial charge is 0.492 e. The number of ether oxygens (including phenoxy) is 1. The molecule has 0 unspecified atom stereocenters. The third kappa shape index (κ3) is 4.02. The minimum atomic E-state index is -0.275. The summed E-state index contributed by atoms with van der Waals surface area (Å²) in [6, 6.07) is 4.26. The van der Waals surface area contributed by atoms with Crippen LogP contribution in [-0.4, -0.2) is 18.1 Å². The fourth-order valence-electron chi connectivity index (χ4n) is 1.36. The van der Waals surface area contributed by atoms with Gasteiger partial charge in [-0.3, -0.25) is 0 Å². The first-order chi connectivity index (χ1) is 7.65. The average molecular weight is 243 g/mol. The van der Waals surface area contributed by atoms with Crippen molar-refractivity contribution in [1.82, 2.24) is 0 Å². The van der Waals surface area contributed by atoms with Crippen molar-refractivity contribution in [2.45, 2.75) is 19.9 Å². The van der Waals surface area contributed by atoms with Gasteiger partial charge in [0.25, 0.3) is 0 Å². The molecule has 0 bridgehead atoms. The molecule has 0 saturated heterocycles. The molecule has 90 valence electrons. The molecule has 1 aromatic carbocycles. The highest BCUT2D eigenvalue weighted by Crippen LogP contribution is 2.24. The van der Waals surface area contributed by atoms with E-state index in [2.05, 4.69) is 6.92 Å². The maximum atomic E-state index is 13.0. The molecule has 0 aliphatic heterocycles. The van der Waals surface area contributed by atoms with Crippen LogP contribution in [0.1, 0.15) is 25.5 Å². The van der Waals surface area contributed by atoms with Crippen LogP contribution in [0.4, 0.5) is 4.39 Å². The number of nitrogens with two attached hydrogens (primary N) is 1. The van der Waals surface area contributed by atoms with Crippen LogP contribution >= 0.6 is 11.8 Å². The summed E-state index contributed by atoms with van der Waals surface area (Å²) >= 11 is 1.81. The predicted molar refractivity (Wildman–Crippen MR) is 67.5 cm³/mol. The summed E-state index contributed by atoms with van der Waals surface area (Å²) in [5.74, 6) is 2.43. The Bertz CT molecular complexity index is 331. The Morgan fingerprint density at radius 1 is 1.50 bits per heavy atom. The number of hydrogen-bond donors (Lipinski definition) is 1. The van der Waals surface area contributed by atoms with E-state index in [-0.39, 0.29) is 11.9 Å². The van der Waals surface area contributed by atoms with E-state index in [1.54, 1.807) is 6.07 Å². The lowest BCUT2D eigenvalue weighted by Gasteiger charge is -2.13. The fourth-order valence-corrected chi connectivity index (χ4v) is 1.85. The van der Waals surface area contributed by atoms with Gasteiger partial charge in [-0.05, 0) is 30.9 Å². The van der Waals surface area contributed by atoms with Crippen LogP contribution in [0.5, 0.6) is 5.75 Å². The lowest BCUT2D eigenvalue weighted by molar-refractivity contribution is 0.337. The highest BCUT2D eigenvalue weighted by Gasteiger charge is 2.09. The van der Waals surface area contributed by atoms with Gasteiger partial charge in [-0.1, -0.05) is 6.92 Å². The minimum absolute atomic E-state index is 0.218. The van der Waals surface area contributed by atoms with E-state index >= 15 is 0 Å². The molecule has 0 aromatic heterocycles. The molecular weight excluding hydrogens is 225 g/mol. The molecule has 0 radical (unpaired) electrons. The third-order valence-corrected chi connectivity index (χ3v) is 3.02. The molecule has 0 aliphatic rings. The maximum Gasteiger partial charge on any atom is 0.124 e. The van der Waals surface area contributed by atoms with Crippen LogP contribution in [0.2, 0.25) is 0 Å². The fraction of sp³-hybridized carbons (Fsp3) is 0.500. The van der Waals surface area contributed by atoms with Gasteiger partial charge in [-0.25, -0.2) is 4.39 Å². The third-order valence-electron chi connectivity index (χ3n) is 2.15. The number of benzene rings is 1. The molecule has 1 rings (SSSR count). The van der Waals surface area contributed by atoms with Gasteiger partial charge >= 0.3 is 0 Å². The molecule has 0 heterocycles. The van der Waals surface area contributed by atoms with E-state index < -0.39 is 0 Å². The van der Waals surface area contributed by atoms with Crippen molar-refractivity contribution >= 4 is 11.8 Å². The summed E-state index contributed by atoms with van der Waals surface area (Å²) in [6.45, 7) is 4.56. The lowest BCUT2D eigenvalue weighted by atomic mass is 10.1. The van der Waals surface area contributed by atoms with Gasteiger partial charge in [0.1, 0.15) is 11.6 Å². The van der Waals surface area contributed by atoms with E-state index in [9.17, 15) is 4.39 Å². The van der Waals surface area contributed by atoms with Gasteiger partial charge in [0.15, 0.2) is 0 Å². The molecule has 4 heteroatoms. The van der Waals surface area contributed by atoms with E-state index in [4.69, 9.17) is 10.5 Å². The zero-order chi connectivity index (χ0) is 12.0. The van der Waals surface area contributed by atoms with Crippen LogP contribution in [-0.2, 0) is 0 Å². The van der Waals surface area contributed by atoms with Gasteiger partial charge < -0.3 is 10.5 Å². The Hall–Kier alpha value is -0.740. The average Bonchev–Trinajstić information content (AvgIpc) is 2.26. The monoisotopic (exact) mass is 243 g/mol. The second kappa shape index (κ2) is 6.76. The smallest absolute Gasteiger partial charge is 0.124 e. The van der Waals surface area contributed by atoms with Crippen molar-refractivity contribution in [2.24, 2.45) is 5.73 Å². The molecule has 0 saturated carbocycles. The first-order valence-electron chi connectivity index (χ1n) is 5.40. The highest BCUT2D eigenvalue weighted by molar-refractivity contribution is 7.99. The molecule has 0 fully saturated rings. The standard InChI is InChI=1S/C12H18FNOS/c1-3-16-7-6-15-12-5-4-10(13)8-11(12)9(2)14/h4-5,8-9H,3,6-7,14H2,1-2H3/t9-/m0/s1. The van der Waals surface area contributed by atoms with Crippen molar-refractivity contribution in [3.8, 4) is 5.75 Å². The number of halogens is 1. The number of rotatable bonds is 6. The first-order valence-corrected chi connectivity index (χ1v) is 6.56. The molecule has 2 N–H and O–H groups in total. The second-order valence-electron chi connectivity index (χ2n) is 3.52. The molecule has 1 atom stereocenters. The van der Waals surface area contributed by atoms with E-state index in [1.165, 1.54) is 12.1 Å². The molecule has 1 aromatic rings. The summed E-state index contributed by atoms with van der Waals surface area (Å²) in [5.41, 5.74) is 6.49. The van der Waals surface area contributed by atoms with Gasteiger partial charge in [0, 0.05) is 17.4 Å². The van der Waals surface area contributed by atoms with E-state index in [0.29, 0.717) is 12.4 Å². The Morgan fingerprint density at radius 3 is 2.88 bits per heavy atom. The first kappa shape index (κ1) is 13.3. The minimum Gasteiger partial charge on any atom is -0.492 e. The van der Waals surface area contributed by atoms with Gasteiger partial charge in [0.05, 0.1) is 6.61 Å². The van der Waals surface area contributed by atoms with Crippen molar-refractivity contribution in [3.05, 3.63) is 29.6 Å². The molecular formula is C12H18FNOS. The maximum absolute atomic E-state index is 13.0.